The van der Waals surface area contributed by atoms with Crippen LogP contribution in [-0.2, 0) is 9.53 Å². The summed E-state index contributed by atoms with van der Waals surface area (Å²) in [4.78, 5) is 11.1. The van der Waals surface area contributed by atoms with Crippen LogP contribution in [0.15, 0.2) is 23.7 Å². The lowest BCUT2D eigenvalue weighted by Gasteiger charge is -2.07. The van der Waals surface area contributed by atoms with Crippen LogP contribution in [0.2, 0.25) is 0 Å². The van der Waals surface area contributed by atoms with Crippen molar-refractivity contribution in [3.63, 3.8) is 0 Å². The average Bonchev–Trinajstić information content (AvgIpc) is 2.88. The van der Waals surface area contributed by atoms with Crippen molar-refractivity contribution in [2.75, 3.05) is 0 Å². The summed E-state index contributed by atoms with van der Waals surface area (Å²) in [5.41, 5.74) is 0. The van der Waals surface area contributed by atoms with Gasteiger partial charge in [-0.25, -0.2) is 4.79 Å². The van der Waals surface area contributed by atoms with Gasteiger partial charge in [0.15, 0.2) is 11.9 Å². The van der Waals surface area contributed by atoms with E-state index in [4.69, 9.17) is 4.74 Å². The van der Waals surface area contributed by atoms with E-state index >= 15 is 0 Å². The van der Waals surface area contributed by atoms with Crippen LogP contribution in [-0.4, -0.2) is 22.3 Å². The van der Waals surface area contributed by atoms with E-state index in [9.17, 15) is 15.0 Å². The third-order valence-electron chi connectivity index (χ3n) is 4.98. The lowest BCUT2D eigenvalue weighted by Crippen LogP contribution is -2.10. The van der Waals surface area contributed by atoms with Gasteiger partial charge in [-0.05, 0) is 25.7 Å². The van der Waals surface area contributed by atoms with Crippen molar-refractivity contribution < 1.29 is 19.7 Å². The fraction of sp³-hybridized carbons (Fsp3) is 0.773. The van der Waals surface area contributed by atoms with Gasteiger partial charge in [0.25, 0.3) is 0 Å². The van der Waals surface area contributed by atoms with Crippen LogP contribution in [0.1, 0.15) is 103 Å². The number of esters is 1. The second kappa shape index (κ2) is 14.7. The van der Waals surface area contributed by atoms with Crippen LogP contribution in [0, 0.1) is 0 Å². The van der Waals surface area contributed by atoms with E-state index in [0.717, 1.165) is 12.8 Å². The van der Waals surface area contributed by atoms with Crippen LogP contribution in [0.4, 0.5) is 0 Å². The molecule has 4 nitrogen and oxygen atoms in total. The lowest BCUT2D eigenvalue weighted by molar-refractivity contribution is -0.142. The van der Waals surface area contributed by atoms with Gasteiger partial charge in [-0.3, -0.25) is 0 Å². The Morgan fingerprint density at radius 1 is 0.808 bits per heavy atom. The summed E-state index contributed by atoms with van der Waals surface area (Å²) >= 11 is 0. The Hall–Kier alpha value is -1.45. The smallest absolute Gasteiger partial charge is 0.377 e. The molecule has 1 heterocycles. The van der Waals surface area contributed by atoms with Gasteiger partial charge in [0.05, 0.1) is 0 Å². The van der Waals surface area contributed by atoms with Gasteiger partial charge in [0, 0.05) is 0 Å². The molecule has 0 amide bonds. The minimum atomic E-state index is -0.826. The van der Waals surface area contributed by atoms with Crippen molar-refractivity contribution in [3.05, 3.63) is 23.7 Å². The number of allylic oxidation sites excluding steroid dienone is 2. The van der Waals surface area contributed by atoms with Crippen LogP contribution >= 0.6 is 0 Å². The molecule has 0 fully saturated rings. The van der Waals surface area contributed by atoms with Crippen molar-refractivity contribution in [3.8, 4) is 0 Å². The Balaban J connectivity index is 1.83. The van der Waals surface area contributed by atoms with Gasteiger partial charge >= 0.3 is 5.97 Å². The van der Waals surface area contributed by atoms with E-state index in [1.54, 1.807) is 0 Å². The zero-order valence-electron chi connectivity index (χ0n) is 16.5. The van der Waals surface area contributed by atoms with Gasteiger partial charge in [0.1, 0.15) is 0 Å². The maximum atomic E-state index is 11.1. The number of carbonyl (C=O) groups excluding carboxylic acids is 1. The number of aliphatic hydroxyl groups is 2. The minimum absolute atomic E-state index is 0.329. The number of unbranched alkanes of at least 4 members (excludes halogenated alkanes) is 12. The first-order chi connectivity index (χ1) is 12.7. The maximum absolute atomic E-state index is 11.1. The fourth-order valence-electron chi connectivity index (χ4n) is 3.28. The van der Waals surface area contributed by atoms with Crippen molar-refractivity contribution in [1.29, 1.82) is 0 Å². The Labute approximate surface area is 159 Å². The Kier molecular flexibility index (Phi) is 12.8. The molecule has 0 radical (unpaired) electrons. The topological polar surface area (TPSA) is 66.8 Å². The lowest BCUT2D eigenvalue weighted by atomic mass is 10.0. The first-order valence-electron chi connectivity index (χ1n) is 10.6. The molecule has 0 unspecified atom stereocenters. The normalized spacial score (nSPS) is 17.4. The summed E-state index contributed by atoms with van der Waals surface area (Å²) in [6.07, 6.45) is 22.2. The van der Waals surface area contributed by atoms with Crippen LogP contribution in [0.25, 0.3) is 0 Å². The van der Waals surface area contributed by atoms with E-state index in [1.165, 1.54) is 77.0 Å². The third-order valence-corrected chi connectivity index (χ3v) is 4.98. The number of aliphatic hydroxyl groups excluding tert-OH is 2. The number of ether oxygens (including phenoxy) is 1. The number of hydrogen-bond donors (Lipinski definition) is 2. The summed E-state index contributed by atoms with van der Waals surface area (Å²) in [5, 5.41) is 18.7. The second-order valence-corrected chi connectivity index (χ2v) is 7.35. The van der Waals surface area contributed by atoms with E-state index in [2.05, 4.69) is 19.1 Å². The van der Waals surface area contributed by atoms with Crippen LogP contribution in [0.3, 0.4) is 0 Å². The third kappa shape index (κ3) is 9.88. The highest BCUT2D eigenvalue weighted by atomic mass is 16.6. The monoisotopic (exact) mass is 366 g/mol. The molecule has 0 saturated heterocycles. The summed E-state index contributed by atoms with van der Waals surface area (Å²) in [6.45, 7) is 2.26. The molecule has 1 rings (SSSR count). The predicted octanol–water partition coefficient (Wildman–Crippen LogP) is 6.67. The molecular formula is C22H38O4. The van der Waals surface area contributed by atoms with Gasteiger partial charge in [-0.15, -0.1) is 0 Å². The van der Waals surface area contributed by atoms with E-state index in [1.807, 2.05) is 0 Å². The Morgan fingerprint density at radius 3 is 1.81 bits per heavy atom. The van der Waals surface area contributed by atoms with E-state index < -0.39 is 17.8 Å². The molecule has 0 aromatic carbocycles. The van der Waals surface area contributed by atoms with E-state index in [-0.39, 0.29) is 5.76 Å². The Morgan fingerprint density at radius 2 is 1.31 bits per heavy atom. The fourth-order valence-corrected chi connectivity index (χ4v) is 3.28. The predicted molar refractivity (Wildman–Crippen MR) is 106 cm³/mol. The first-order valence-corrected chi connectivity index (χ1v) is 10.6. The Bertz CT molecular complexity index is 439. The van der Waals surface area contributed by atoms with Crippen molar-refractivity contribution in [1.82, 2.24) is 0 Å². The number of rotatable bonds is 16. The molecule has 1 aliphatic rings. The van der Waals surface area contributed by atoms with Crippen molar-refractivity contribution in [2.24, 2.45) is 0 Å². The molecule has 1 atom stereocenters. The zero-order valence-corrected chi connectivity index (χ0v) is 16.5. The molecular weight excluding hydrogens is 328 g/mol. The maximum Gasteiger partial charge on any atom is 0.377 e. The van der Waals surface area contributed by atoms with Crippen molar-refractivity contribution >= 4 is 5.97 Å². The van der Waals surface area contributed by atoms with Gasteiger partial charge in [-0.1, -0.05) is 89.7 Å². The highest BCUT2D eigenvalue weighted by molar-refractivity contribution is 5.88. The number of cyclic esters (lactones) is 1. The van der Waals surface area contributed by atoms with Gasteiger partial charge in [0.2, 0.25) is 5.76 Å². The molecule has 150 valence electrons. The number of carbonyl (C=O) groups is 1. The molecule has 2 N–H and O–H groups in total. The average molecular weight is 367 g/mol. The first kappa shape index (κ1) is 22.6. The van der Waals surface area contributed by atoms with Crippen molar-refractivity contribution in [2.45, 2.75) is 109 Å². The molecule has 0 spiro atoms. The summed E-state index contributed by atoms with van der Waals surface area (Å²) in [7, 11) is 0. The summed E-state index contributed by atoms with van der Waals surface area (Å²) < 4.78 is 4.86. The van der Waals surface area contributed by atoms with Gasteiger partial charge in [-0.2, -0.15) is 0 Å². The minimum Gasteiger partial charge on any atom is -0.505 e. The SMILES string of the molecule is CCCCCCCCCCCCCCC=CCC[C@H]1OC(=O)C(O)=C1O. The molecule has 0 bridgehead atoms. The molecule has 0 aromatic rings. The molecule has 0 saturated carbocycles. The molecule has 0 aromatic heterocycles. The molecule has 26 heavy (non-hydrogen) atoms. The largest absolute Gasteiger partial charge is 0.505 e. The number of hydrogen-bond acceptors (Lipinski definition) is 4. The van der Waals surface area contributed by atoms with Crippen LogP contribution in [0.5, 0.6) is 0 Å². The molecule has 4 heteroatoms. The van der Waals surface area contributed by atoms with E-state index in [0.29, 0.717) is 6.42 Å². The summed E-state index contributed by atoms with van der Waals surface area (Å²) in [6, 6.07) is 0. The quantitative estimate of drug-likeness (QED) is 0.182. The second-order valence-electron chi connectivity index (χ2n) is 7.35. The molecule has 0 aliphatic carbocycles. The summed E-state index contributed by atoms with van der Waals surface area (Å²) in [5.74, 6) is -1.80. The van der Waals surface area contributed by atoms with Gasteiger partial charge < -0.3 is 14.9 Å². The zero-order chi connectivity index (χ0) is 19.0. The molecule has 1 aliphatic heterocycles. The van der Waals surface area contributed by atoms with Crippen LogP contribution < -0.4 is 0 Å². The highest BCUT2D eigenvalue weighted by Gasteiger charge is 2.33. The highest BCUT2D eigenvalue weighted by Crippen LogP contribution is 2.22. The standard InChI is InChI=1S/C22H38O4/c1-2-3-4-5-6-7-8-9-10-11-12-13-14-15-16-17-18-19-20(23)21(24)22(25)26-19/h15-16,19,23-24H,2-14,17-18H2,1H3/t19-/m1/s1.